The Kier molecular flexibility index (Phi) is 54.2. The minimum Gasteiger partial charge on any atom is -0.444 e. The first kappa shape index (κ1) is 129. The van der Waals surface area contributed by atoms with Crippen molar-refractivity contribution in [3.8, 4) is 12.8 Å². The number of hydrogen-bond acceptors (Lipinski definition) is 24. The van der Waals surface area contributed by atoms with Gasteiger partial charge in [-0.25, -0.2) is 67.0 Å². The highest BCUT2D eigenvalue weighted by Crippen LogP contribution is 2.44. The molecule has 4 spiro atoms. The molecule has 12 fully saturated rings. The van der Waals surface area contributed by atoms with Crippen LogP contribution in [0, 0.1) is 36.5 Å². The van der Waals surface area contributed by atoms with Crippen molar-refractivity contribution in [2.45, 2.75) is 321 Å². The lowest BCUT2D eigenvalue weighted by atomic mass is 9.88. The molecule has 6 N–H and O–H groups in total. The van der Waals surface area contributed by atoms with Gasteiger partial charge in [-0.1, -0.05) is 56.4 Å². The summed E-state index contributed by atoms with van der Waals surface area (Å²) in [4.78, 5) is 54.6. The van der Waals surface area contributed by atoms with Crippen molar-refractivity contribution in [1.29, 1.82) is 0 Å². The summed E-state index contributed by atoms with van der Waals surface area (Å²) in [5, 5.41) is 3.31. The minimum atomic E-state index is -5.77. The molecule has 12 rings (SSSR count). The molecule has 0 aromatic rings. The summed E-state index contributed by atoms with van der Waals surface area (Å²) >= 11 is 4.22. The number of piperidine rings is 4. The van der Waals surface area contributed by atoms with E-state index in [9.17, 15) is 106 Å². The van der Waals surface area contributed by atoms with Crippen LogP contribution in [0.1, 0.15) is 226 Å². The first-order valence-electron chi connectivity index (χ1n) is 43.7. The van der Waals surface area contributed by atoms with Gasteiger partial charge in [-0.15, -0.1) is 37.7 Å². The zero-order valence-corrected chi connectivity index (χ0v) is 82.8. The maximum atomic E-state index is 12.6. The van der Waals surface area contributed by atoms with Crippen molar-refractivity contribution in [2.24, 2.45) is 29.4 Å². The van der Waals surface area contributed by atoms with Crippen LogP contribution < -0.4 is 25.2 Å². The standard InChI is InChI=1S/C17H30N2O5S.C16H22F6N2O5S.C13H24N2O3.C12H22N2O3S.2C6H15N.C4HClF6O2.C4H7ClO2S.C2H2.2CH4.2ClH/c1-16(2,3)24-15(20)19-8-6-17(7-9-19)10-14(11-23-17)18-25(21,22)12-13-4-5-13;17-15(18,19)12(16(20,21)22)29-13(25)24-5-3-14(4-6-24)7-11(8-28-14)23-30(26,27)9-10-1-2-10;1-12(2,3)18-11(16)15-6-4-13(5-7-15)8-10(14)9-17-13;15-18(16,9-10-1-2-10)14-11-7-12(17-8-11)3-5-13-6-4-12;2*1-4-7(5-2)6-3;5-2(12)13-1(3(6,7)8)4(9,10)11;5-8(6,7)3-4-1-2-4;1-2;;;;/h13-14,18H,4-12H2,1-3H3;10-12,23H,1-9H2;10H,4-9,14H2,1-3H3;10-11,13-14H,1-9H2;2*4-6H2,1-3H3;1H;4H,1-3H2;1-2H;2*1H4;2*1H/t14-;11-;10-;11-;;;;;;;;;/m1111........./s1. The maximum absolute atomic E-state index is 12.6. The zero-order chi connectivity index (χ0) is 97.2. The van der Waals surface area contributed by atoms with Crippen LogP contribution >= 0.6 is 47.1 Å². The predicted molar refractivity (Wildman–Crippen MR) is 486 cm³/mol. The van der Waals surface area contributed by atoms with E-state index >= 15 is 0 Å². The quantitative estimate of drug-likeness (QED) is 0.0291. The van der Waals surface area contributed by atoms with Gasteiger partial charge in [0.15, 0.2) is 0 Å². The van der Waals surface area contributed by atoms with Gasteiger partial charge in [-0.05, 0) is 246 Å². The van der Waals surface area contributed by atoms with Gasteiger partial charge in [-0.3, -0.25) is 0 Å². The predicted octanol–water partition coefficient (Wildman–Crippen LogP) is 15.1. The normalized spacial score (nSPS) is 22.6. The van der Waals surface area contributed by atoms with Crippen molar-refractivity contribution in [3.05, 3.63) is 0 Å². The van der Waals surface area contributed by atoms with E-state index in [2.05, 4.69) is 105 Å². The van der Waals surface area contributed by atoms with Crippen LogP contribution in [-0.4, -0.2) is 318 Å². The Labute approximate surface area is 796 Å². The summed E-state index contributed by atoms with van der Waals surface area (Å²) in [6.45, 7) is 37.3. The number of terminal acetylenes is 1. The van der Waals surface area contributed by atoms with Crippen molar-refractivity contribution >= 4 is 110 Å². The Morgan fingerprint density at radius 1 is 0.432 bits per heavy atom. The number of nitrogens with one attached hydrogen (secondary N) is 4. The number of hydrogen-bond donors (Lipinski definition) is 5. The highest BCUT2D eigenvalue weighted by molar-refractivity contribution is 8.13. The lowest BCUT2D eigenvalue weighted by Gasteiger charge is -2.39. The van der Waals surface area contributed by atoms with Gasteiger partial charge < -0.3 is 73.4 Å². The number of amides is 3. The van der Waals surface area contributed by atoms with Crippen molar-refractivity contribution in [3.63, 3.8) is 0 Å². The SMILES string of the molecule is C.C.C#C.CC(C)(C)OC(=O)N1CCC2(CC1)C[C@@H](N)CO2.CC(C)(C)OC(=O)N1CCC2(CC1)C[C@@H](NS(=O)(=O)CC1CC1)CO2.CCN(CC)CC.CCN(CC)CC.Cl.Cl.O=C(Cl)OC(C(F)(F)F)C(F)(F)F.O=C(OC(C(F)(F)F)C(F)(F)F)N1CCC2(CC1)C[C@@H](NS(=O)(=O)CC1CC1)CO2.O=S(=O)(CC1CC1)N[C@H]1COC2(CCNCC2)C1.O=S(=O)(Cl)CC1CC1. The highest BCUT2D eigenvalue weighted by Gasteiger charge is 2.62. The third-order valence-corrected chi connectivity index (χ3v) is 29.0. The molecule has 8 saturated heterocycles. The van der Waals surface area contributed by atoms with Gasteiger partial charge in [0, 0.05) is 85.7 Å². The van der Waals surface area contributed by atoms with Gasteiger partial charge in [0.25, 0.3) is 12.2 Å². The smallest absolute Gasteiger partial charge is 0.434 e. The van der Waals surface area contributed by atoms with E-state index in [4.69, 9.17) is 44.8 Å². The Balaban J connectivity index is 0.00000154. The summed E-state index contributed by atoms with van der Waals surface area (Å²) in [5.74, 6) is 2.05. The molecule has 0 radical (unpaired) electrons. The van der Waals surface area contributed by atoms with Crippen LogP contribution in [0.5, 0.6) is 0 Å². The van der Waals surface area contributed by atoms with Crippen LogP contribution in [0.4, 0.5) is 71.9 Å². The van der Waals surface area contributed by atoms with E-state index in [0.29, 0.717) is 95.2 Å². The molecule has 0 unspecified atom stereocenters. The van der Waals surface area contributed by atoms with E-state index in [1.165, 1.54) is 39.3 Å². The Bertz CT molecular complexity index is 3840. The molecule has 4 atom stereocenters. The molecule has 0 bridgehead atoms. The third kappa shape index (κ3) is 50.1. The van der Waals surface area contributed by atoms with Gasteiger partial charge in [-0.2, -0.15) is 52.7 Å². The van der Waals surface area contributed by atoms with Gasteiger partial charge in [0.1, 0.15) is 11.2 Å². The number of carbonyl (C=O) groups excluding carboxylic acids is 4. The van der Waals surface area contributed by atoms with Gasteiger partial charge in [0.05, 0.1) is 71.8 Å². The molecule has 0 aromatic carbocycles. The molecule has 0 aromatic heterocycles. The molecule has 782 valence electrons. The monoisotopic (exact) mass is 2090 g/mol. The molecule has 50 heteroatoms. The molecular weight excluding hydrogens is 1940 g/mol. The van der Waals surface area contributed by atoms with Crippen LogP contribution in [0.3, 0.4) is 0 Å². The van der Waals surface area contributed by atoms with Crippen LogP contribution in [0.25, 0.3) is 0 Å². The second-order valence-corrected chi connectivity index (χ2v) is 44.9. The third-order valence-electron chi connectivity index (χ3n) is 22.9. The fraction of sp³-hybridized carbons (Fsp3) is 0.927. The summed E-state index contributed by atoms with van der Waals surface area (Å²) in [6.07, 6.45) is -9.41. The van der Waals surface area contributed by atoms with E-state index in [1.807, 2.05) is 41.5 Å². The second kappa shape index (κ2) is 55.7. The number of likely N-dealkylation sites (tertiary alicyclic amines) is 3. The molecule has 4 saturated carbocycles. The molecule has 12 aliphatic rings. The van der Waals surface area contributed by atoms with E-state index in [1.54, 1.807) is 9.80 Å². The van der Waals surface area contributed by atoms with Crippen molar-refractivity contribution in [2.75, 3.05) is 141 Å². The molecule has 3 amide bonds. The Morgan fingerprint density at radius 3 is 0.879 bits per heavy atom. The average Bonchev–Trinajstić information content (AvgIpc) is 1.62. The first-order valence-corrected chi connectivity index (χ1v) is 51.5. The molecule has 132 heavy (non-hydrogen) atoms. The molecule has 30 nitrogen and oxygen atoms in total. The Hall–Kier alpha value is -3.48. The van der Waals surface area contributed by atoms with E-state index in [-0.39, 0.29) is 142 Å². The number of halogens is 16. The van der Waals surface area contributed by atoms with Crippen LogP contribution in [-0.2, 0) is 77.0 Å². The van der Waals surface area contributed by atoms with Crippen LogP contribution in [0.15, 0.2) is 0 Å². The van der Waals surface area contributed by atoms with E-state index < -0.39 is 110 Å². The zero-order valence-electron chi connectivity index (χ0n) is 76.3. The number of nitrogens with zero attached hydrogens (tertiary/aromatic N) is 5. The largest absolute Gasteiger partial charge is 0.444 e. The topological polar surface area (TPSA) is 369 Å². The average molecular weight is 2090 g/mol. The number of carbonyl (C=O) groups is 4. The Morgan fingerprint density at radius 2 is 0.674 bits per heavy atom. The fourth-order valence-corrected chi connectivity index (χ4v) is 22.0. The van der Waals surface area contributed by atoms with Gasteiger partial charge in [0.2, 0.25) is 39.1 Å². The number of alkyl halides is 12. The lowest BCUT2D eigenvalue weighted by Crippen LogP contribution is -2.51. The summed E-state index contributed by atoms with van der Waals surface area (Å²) in [7, 11) is -8.02. The fourth-order valence-electron chi connectivity index (χ4n) is 15.4. The lowest BCUT2D eigenvalue weighted by molar-refractivity contribution is -0.308. The molecule has 8 heterocycles. The van der Waals surface area contributed by atoms with Crippen LogP contribution in [0.2, 0.25) is 0 Å². The summed E-state index contributed by atoms with van der Waals surface area (Å²) in [5.41, 5.74) is 1.54. The number of sulfonamides is 3. The highest BCUT2D eigenvalue weighted by atomic mass is 35.7. The molecule has 4 aliphatic carbocycles. The second-order valence-electron chi connectivity index (χ2n) is 36.4. The molecular formula is C82H148Cl4F12N10O20S4. The minimum absolute atomic E-state index is 0. The number of rotatable bonds is 22. The summed E-state index contributed by atoms with van der Waals surface area (Å²) < 4.78 is 286. The maximum Gasteiger partial charge on any atom is 0.434 e. The molecule has 8 aliphatic heterocycles. The van der Waals surface area contributed by atoms with Gasteiger partial charge >= 0.3 is 48.4 Å². The summed E-state index contributed by atoms with van der Waals surface area (Å²) in [6, 6.07) is -0.492. The van der Waals surface area contributed by atoms with E-state index in [0.717, 1.165) is 108 Å². The number of ether oxygens (including phenoxy) is 8. The first-order chi connectivity index (χ1) is 58.9. The van der Waals surface area contributed by atoms with Crippen molar-refractivity contribution < 1.29 is 143 Å². The van der Waals surface area contributed by atoms with Crippen molar-refractivity contribution in [1.82, 2.24) is 44.0 Å². The number of nitrogens with two attached hydrogens (primary N) is 1.